The molecule has 0 saturated carbocycles. The molecule has 3 aromatic rings. The highest BCUT2D eigenvalue weighted by Crippen LogP contribution is 2.33. The van der Waals surface area contributed by atoms with Gasteiger partial charge in [-0.25, -0.2) is 4.79 Å². The van der Waals surface area contributed by atoms with Gasteiger partial charge in [-0.05, 0) is 48.0 Å². The van der Waals surface area contributed by atoms with Crippen molar-refractivity contribution in [3.8, 4) is 17.6 Å². The Hall–Kier alpha value is -4.77. The highest BCUT2D eigenvalue weighted by atomic mass is 16.7. The van der Waals surface area contributed by atoms with Gasteiger partial charge in [-0.1, -0.05) is 42.5 Å². The van der Waals surface area contributed by atoms with E-state index in [0.717, 1.165) is 11.4 Å². The molecule has 1 aliphatic heterocycles. The number of para-hydroxylation sites is 2. The van der Waals surface area contributed by atoms with Crippen molar-refractivity contribution in [1.82, 2.24) is 5.43 Å². The Kier molecular flexibility index (Phi) is 6.52. The lowest BCUT2D eigenvalue weighted by atomic mass is 10.1. The summed E-state index contributed by atoms with van der Waals surface area (Å²) in [5.41, 5.74) is 4.50. The van der Waals surface area contributed by atoms with Crippen LogP contribution in [0.15, 0.2) is 84.4 Å². The number of hydrogen-bond donors (Lipinski definition) is 1. The second kappa shape index (κ2) is 10.0. The minimum Gasteiger partial charge on any atom is -0.454 e. The van der Waals surface area contributed by atoms with Crippen molar-refractivity contribution in [2.24, 2.45) is 0 Å². The summed E-state index contributed by atoms with van der Waals surface area (Å²) in [4.78, 5) is 24.9. The van der Waals surface area contributed by atoms with Crippen LogP contribution in [0.1, 0.15) is 5.56 Å². The lowest BCUT2D eigenvalue weighted by Crippen LogP contribution is -2.41. The molecule has 8 nitrogen and oxygen atoms in total. The molecular weight excluding hydrogens is 422 g/mol. The summed E-state index contributed by atoms with van der Waals surface area (Å²) in [6.07, 6.45) is 1.36. The fourth-order valence-corrected chi connectivity index (χ4v) is 3.10. The number of rotatable bonds is 7. The van der Waals surface area contributed by atoms with Gasteiger partial charge in [-0.2, -0.15) is 5.26 Å². The maximum atomic E-state index is 12.5. The number of anilines is 2. The first-order valence-corrected chi connectivity index (χ1v) is 10.0. The number of hydrazine groups is 1. The fraction of sp³-hybridized carbons (Fsp3) is 0.0800. The first kappa shape index (κ1) is 21.5. The van der Waals surface area contributed by atoms with E-state index in [9.17, 15) is 14.9 Å². The Morgan fingerprint density at radius 2 is 1.61 bits per heavy atom. The lowest BCUT2D eigenvalue weighted by Gasteiger charge is -2.25. The summed E-state index contributed by atoms with van der Waals surface area (Å²) in [5, 5.41) is 11.0. The quantitative estimate of drug-likeness (QED) is 0.258. The Morgan fingerprint density at radius 3 is 2.24 bits per heavy atom. The highest BCUT2D eigenvalue weighted by molar-refractivity contribution is 5.99. The fourth-order valence-electron chi connectivity index (χ4n) is 3.10. The van der Waals surface area contributed by atoms with Crippen molar-refractivity contribution in [2.75, 3.05) is 18.4 Å². The van der Waals surface area contributed by atoms with Crippen LogP contribution >= 0.6 is 0 Å². The number of carbonyl (C=O) groups excluding carboxylic acids is 2. The molecule has 1 heterocycles. The Labute approximate surface area is 190 Å². The van der Waals surface area contributed by atoms with Gasteiger partial charge in [-0.15, -0.1) is 0 Å². The summed E-state index contributed by atoms with van der Waals surface area (Å²) >= 11 is 0. The average Bonchev–Trinajstić information content (AvgIpc) is 3.33. The largest absolute Gasteiger partial charge is 0.454 e. The maximum Gasteiger partial charge on any atom is 0.349 e. The number of esters is 1. The van der Waals surface area contributed by atoms with E-state index < -0.39 is 18.5 Å². The van der Waals surface area contributed by atoms with Gasteiger partial charge in [0.05, 0.1) is 11.4 Å². The van der Waals surface area contributed by atoms with E-state index in [4.69, 9.17) is 14.2 Å². The Balaban J connectivity index is 1.41. The molecular formula is C25H19N3O5. The van der Waals surface area contributed by atoms with Crippen LogP contribution in [0.5, 0.6) is 11.5 Å². The summed E-state index contributed by atoms with van der Waals surface area (Å²) < 4.78 is 15.6. The molecule has 1 N–H and O–H groups in total. The van der Waals surface area contributed by atoms with Gasteiger partial charge in [0, 0.05) is 0 Å². The molecule has 0 unspecified atom stereocenters. The number of benzene rings is 3. The number of carbonyl (C=O) groups is 2. The third-order valence-electron chi connectivity index (χ3n) is 4.65. The van der Waals surface area contributed by atoms with Crippen molar-refractivity contribution in [1.29, 1.82) is 5.26 Å². The first-order valence-electron chi connectivity index (χ1n) is 10.0. The van der Waals surface area contributed by atoms with Crippen LogP contribution in [0.2, 0.25) is 0 Å². The molecule has 0 fully saturated rings. The molecule has 1 amide bonds. The van der Waals surface area contributed by atoms with E-state index in [1.807, 2.05) is 60.7 Å². The summed E-state index contributed by atoms with van der Waals surface area (Å²) in [5.74, 6) is -0.352. The molecule has 164 valence electrons. The van der Waals surface area contributed by atoms with Crippen molar-refractivity contribution in [3.63, 3.8) is 0 Å². The second-order valence-corrected chi connectivity index (χ2v) is 6.90. The van der Waals surface area contributed by atoms with Gasteiger partial charge < -0.3 is 14.2 Å². The van der Waals surface area contributed by atoms with Gasteiger partial charge in [0.1, 0.15) is 11.6 Å². The number of ether oxygens (including phenoxy) is 3. The van der Waals surface area contributed by atoms with Crippen molar-refractivity contribution in [3.05, 3.63) is 90.0 Å². The molecule has 0 saturated heterocycles. The molecule has 1 aliphatic rings. The number of amides is 1. The van der Waals surface area contributed by atoms with E-state index in [2.05, 4.69) is 5.43 Å². The van der Waals surface area contributed by atoms with E-state index in [1.165, 1.54) is 6.08 Å². The van der Waals surface area contributed by atoms with Crippen LogP contribution in [0, 0.1) is 11.3 Å². The molecule has 0 atom stereocenters. The van der Waals surface area contributed by atoms with Crippen LogP contribution in [0.4, 0.5) is 11.4 Å². The van der Waals surface area contributed by atoms with E-state index in [0.29, 0.717) is 17.1 Å². The average molecular weight is 441 g/mol. The normalized spacial score (nSPS) is 11.9. The maximum absolute atomic E-state index is 12.5. The second-order valence-electron chi connectivity index (χ2n) is 6.90. The van der Waals surface area contributed by atoms with Crippen molar-refractivity contribution in [2.45, 2.75) is 0 Å². The number of hydrogen-bond acceptors (Lipinski definition) is 7. The topological polar surface area (TPSA) is 101 Å². The molecule has 8 heteroatoms. The Morgan fingerprint density at radius 1 is 0.970 bits per heavy atom. The first-order chi connectivity index (χ1) is 16.1. The number of fused-ring (bicyclic) bond motifs is 1. The zero-order chi connectivity index (χ0) is 23.0. The number of nitrogens with zero attached hydrogens (tertiary/aromatic N) is 2. The SMILES string of the molecule is N#C/C(=C/c1ccc2c(c1)OCO2)C(=O)OCC(=O)NN(c1ccccc1)c1ccccc1. The predicted octanol–water partition coefficient (Wildman–Crippen LogP) is 3.73. The molecule has 0 aromatic heterocycles. The number of nitrogens with one attached hydrogen (secondary N) is 1. The highest BCUT2D eigenvalue weighted by Gasteiger charge is 2.18. The molecule has 0 radical (unpaired) electrons. The van der Waals surface area contributed by atoms with Crippen LogP contribution in [0.3, 0.4) is 0 Å². The van der Waals surface area contributed by atoms with E-state index in [-0.39, 0.29) is 12.4 Å². The van der Waals surface area contributed by atoms with Crippen LogP contribution in [-0.4, -0.2) is 25.3 Å². The number of nitriles is 1. The molecule has 4 rings (SSSR count). The van der Waals surface area contributed by atoms with Crippen molar-refractivity contribution >= 4 is 29.3 Å². The van der Waals surface area contributed by atoms with Gasteiger partial charge >= 0.3 is 5.97 Å². The summed E-state index contributed by atoms with van der Waals surface area (Å²) in [6, 6.07) is 25.3. The van der Waals surface area contributed by atoms with E-state index >= 15 is 0 Å². The zero-order valence-electron chi connectivity index (χ0n) is 17.4. The standard InChI is InChI=1S/C25H19N3O5/c26-15-19(13-18-11-12-22-23(14-18)33-17-32-22)25(30)31-16-24(29)27-28(20-7-3-1-4-8-20)21-9-5-2-6-10-21/h1-14H,16-17H2,(H,27,29)/b19-13-. The monoisotopic (exact) mass is 441 g/mol. The van der Waals surface area contributed by atoms with E-state index in [1.54, 1.807) is 29.3 Å². The minimum atomic E-state index is -0.906. The van der Waals surface area contributed by atoms with Crippen LogP contribution in [-0.2, 0) is 14.3 Å². The van der Waals surface area contributed by atoms with Gasteiger partial charge in [0.15, 0.2) is 18.1 Å². The molecule has 0 aliphatic carbocycles. The Bertz CT molecular complexity index is 1180. The minimum absolute atomic E-state index is 0.119. The van der Waals surface area contributed by atoms with Gasteiger partial charge in [0.25, 0.3) is 5.91 Å². The molecule has 0 bridgehead atoms. The lowest BCUT2D eigenvalue weighted by molar-refractivity contribution is -0.144. The zero-order valence-corrected chi connectivity index (χ0v) is 17.4. The van der Waals surface area contributed by atoms with Gasteiger partial charge in [-0.3, -0.25) is 15.2 Å². The van der Waals surface area contributed by atoms with Crippen LogP contribution in [0.25, 0.3) is 6.08 Å². The summed E-state index contributed by atoms with van der Waals surface area (Å²) in [7, 11) is 0. The molecule has 0 spiro atoms. The van der Waals surface area contributed by atoms with Crippen LogP contribution < -0.4 is 19.9 Å². The predicted molar refractivity (Wildman–Crippen MR) is 120 cm³/mol. The molecule has 33 heavy (non-hydrogen) atoms. The smallest absolute Gasteiger partial charge is 0.349 e. The third-order valence-corrected chi connectivity index (χ3v) is 4.65. The molecule has 3 aromatic carbocycles. The van der Waals surface area contributed by atoms with Crippen molar-refractivity contribution < 1.29 is 23.8 Å². The summed E-state index contributed by atoms with van der Waals surface area (Å²) in [6.45, 7) is -0.442. The third kappa shape index (κ3) is 5.29. The van der Waals surface area contributed by atoms with Gasteiger partial charge in [0.2, 0.25) is 6.79 Å².